The van der Waals surface area contributed by atoms with Crippen molar-refractivity contribution in [3.05, 3.63) is 83.4 Å². The molecule has 1 atom stereocenters. The molecular formula is C22H28. The van der Waals surface area contributed by atoms with Gasteiger partial charge in [-0.3, -0.25) is 0 Å². The van der Waals surface area contributed by atoms with Crippen molar-refractivity contribution in [1.29, 1.82) is 0 Å². The van der Waals surface area contributed by atoms with Gasteiger partial charge in [0.25, 0.3) is 0 Å². The smallest absolute Gasteiger partial charge is 0.00974 e. The van der Waals surface area contributed by atoms with Crippen molar-refractivity contribution in [3.63, 3.8) is 0 Å². The van der Waals surface area contributed by atoms with E-state index in [2.05, 4.69) is 94.4 Å². The SMILES string of the molecule is CC(C=CCc1ccccc1)Cc1ccc(C(C)(C)C)cc1. The number of hydrogen-bond acceptors (Lipinski definition) is 0. The molecule has 22 heavy (non-hydrogen) atoms. The summed E-state index contributed by atoms with van der Waals surface area (Å²) >= 11 is 0. The van der Waals surface area contributed by atoms with Gasteiger partial charge in [0.2, 0.25) is 0 Å². The zero-order valence-electron chi connectivity index (χ0n) is 14.3. The lowest BCUT2D eigenvalue weighted by Crippen LogP contribution is -2.10. The Morgan fingerprint density at radius 2 is 1.50 bits per heavy atom. The molecule has 0 spiro atoms. The zero-order valence-corrected chi connectivity index (χ0v) is 14.3. The van der Waals surface area contributed by atoms with Crippen molar-refractivity contribution in [3.8, 4) is 0 Å². The van der Waals surface area contributed by atoms with Crippen LogP contribution < -0.4 is 0 Å². The van der Waals surface area contributed by atoms with Gasteiger partial charge in [-0.1, -0.05) is 94.4 Å². The molecule has 0 aliphatic rings. The Kier molecular flexibility index (Phi) is 5.60. The van der Waals surface area contributed by atoms with Gasteiger partial charge in [-0.2, -0.15) is 0 Å². The van der Waals surface area contributed by atoms with Gasteiger partial charge in [0.15, 0.2) is 0 Å². The topological polar surface area (TPSA) is 0 Å². The van der Waals surface area contributed by atoms with Crippen LogP contribution in [0.15, 0.2) is 66.7 Å². The summed E-state index contributed by atoms with van der Waals surface area (Å²) in [7, 11) is 0. The molecule has 0 aliphatic heterocycles. The minimum atomic E-state index is 0.236. The highest BCUT2D eigenvalue weighted by molar-refractivity contribution is 5.28. The van der Waals surface area contributed by atoms with E-state index in [1.165, 1.54) is 16.7 Å². The fraction of sp³-hybridized carbons (Fsp3) is 0.364. The molecular weight excluding hydrogens is 264 g/mol. The van der Waals surface area contributed by atoms with E-state index in [0.717, 1.165) is 12.8 Å². The third kappa shape index (κ3) is 5.18. The average Bonchev–Trinajstić information content (AvgIpc) is 2.48. The van der Waals surface area contributed by atoms with Crippen LogP contribution in [0.2, 0.25) is 0 Å². The van der Waals surface area contributed by atoms with Crippen LogP contribution in [-0.2, 0) is 18.3 Å². The Hall–Kier alpha value is -1.82. The second-order valence-electron chi connectivity index (χ2n) is 7.25. The predicted molar refractivity (Wildman–Crippen MR) is 97.3 cm³/mol. The fourth-order valence-electron chi connectivity index (χ4n) is 2.63. The summed E-state index contributed by atoms with van der Waals surface area (Å²) in [6.45, 7) is 9.07. The third-order valence-corrected chi connectivity index (χ3v) is 4.04. The molecule has 0 saturated carbocycles. The fourth-order valence-corrected chi connectivity index (χ4v) is 2.63. The highest BCUT2D eigenvalue weighted by atomic mass is 14.2. The van der Waals surface area contributed by atoms with E-state index in [4.69, 9.17) is 0 Å². The van der Waals surface area contributed by atoms with Gasteiger partial charge in [-0.05, 0) is 40.9 Å². The lowest BCUT2D eigenvalue weighted by Gasteiger charge is -2.19. The molecule has 0 radical (unpaired) electrons. The van der Waals surface area contributed by atoms with Gasteiger partial charge in [-0.15, -0.1) is 0 Å². The molecule has 1 unspecified atom stereocenters. The van der Waals surface area contributed by atoms with Crippen molar-refractivity contribution in [2.75, 3.05) is 0 Å². The standard InChI is InChI=1S/C22H28/c1-18(9-8-12-19-10-6-5-7-11-19)17-20-13-15-21(16-14-20)22(2,3)4/h5-11,13-16,18H,12,17H2,1-4H3. The van der Waals surface area contributed by atoms with Crippen molar-refractivity contribution in [1.82, 2.24) is 0 Å². The van der Waals surface area contributed by atoms with Crippen LogP contribution in [0.25, 0.3) is 0 Å². The molecule has 0 heteroatoms. The van der Waals surface area contributed by atoms with Gasteiger partial charge >= 0.3 is 0 Å². The Morgan fingerprint density at radius 1 is 0.864 bits per heavy atom. The van der Waals surface area contributed by atoms with E-state index in [-0.39, 0.29) is 5.41 Å². The first-order valence-corrected chi connectivity index (χ1v) is 8.25. The number of rotatable bonds is 5. The van der Waals surface area contributed by atoms with Crippen LogP contribution in [0.1, 0.15) is 44.4 Å². The van der Waals surface area contributed by atoms with Crippen LogP contribution in [-0.4, -0.2) is 0 Å². The highest BCUT2D eigenvalue weighted by Crippen LogP contribution is 2.23. The normalized spacial score (nSPS) is 13.5. The second-order valence-corrected chi connectivity index (χ2v) is 7.25. The van der Waals surface area contributed by atoms with Gasteiger partial charge in [0.05, 0.1) is 0 Å². The van der Waals surface area contributed by atoms with Crippen LogP contribution >= 0.6 is 0 Å². The van der Waals surface area contributed by atoms with Crippen LogP contribution in [0.3, 0.4) is 0 Å². The van der Waals surface area contributed by atoms with E-state index in [1.54, 1.807) is 0 Å². The summed E-state index contributed by atoms with van der Waals surface area (Å²) in [5.74, 6) is 0.573. The van der Waals surface area contributed by atoms with Gasteiger partial charge in [0, 0.05) is 0 Å². The van der Waals surface area contributed by atoms with Crippen molar-refractivity contribution < 1.29 is 0 Å². The van der Waals surface area contributed by atoms with Gasteiger partial charge in [-0.25, -0.2) is 0 Å². The summed E-state index contributed by atoms with van der Waals surface area (Å²) in [4.78, 5) is 0. The molecule has 0 aliphatic carbocycles. The van der Waals surface area contributed by atoms with E-state index >= 15 is 0 Å². The molecule has 2 aromatic carbocycles. The Morgan fingerprint density at radius 3 is 2.09 bits per heavy atom. The third-order valence-electron chi connectivity index (χ3n) is 4.04. The Balaban J connectivity index is 1.88. The Bertz CT molecular complexity index is 582. The maximum atomic E-state index is 2.34. The molecule has 0 nitrogen and oxygen atoms in total. The van der Waals surface area contributed by atoms with Crippen molar-refractivity contribution in [2.24, 2.45) is 5.92 Å². The molecule has 0 saturated heterocycles. The second kappa shape index (κ2) is 7.45. The summed E-state index contributed by atoms with van der Waals surface area (Å²) in [6.07, 6.45) is 6.76. The molecule has 0 heterocycles. The minimum absolute atomic E-state index is 0.236. The first kappa shape index (κ1) is 16.5. The lowest BCUT2D eigenvalue weighted by atomic mass is 9.86. The van der Waals surface area contributed by atoms with E-state index in [0.29, 0.717) is 5.92 Å². The number of hydrogen-bond donors (Lipinski definition) is 0. The minimum Gasteiger partial charge on any atom is -0.0850 e. The van der Waals surface area contributed by atoms with Crippen molar-refractivity contribution in [2.45, 2.75) is 46.0 Å². The number of benzene rings is 2. The largest absolute Gasteiger partial charge is 0.0850 e. The zero-order chi connectivity index (χ0) is 16.0. The summed E-state index contributed by atoms with van der Waals surface area (Å²) in [5, 5.41) is 0. The van der Waals surface area contributed by atoms with Crippen LogP contribution in [0, 0.1) is 5.92 Å². The van der Waals surface area contributed by atoms with E-state index in [1.807, 2.05) is 0 Å². The molecule has 0 bridgehead atoms. The average molecular weight is 292 g/mol. The molecule has 0 fully saturated rings. The first-order valence-electron chi connectivity index (χ1n) is 8.25. The molecule has 2 rings (SSSR count). The van der Waals surface area contributed by atoms with Gasteiger partial charge < -0.3 is 0 Å². The van der Waals surface area contributed by atoms with Crippen LogP contribution in [0.5, 0.6) is 0 Å². The van der Waals surface area contributed by atoms with Crippen molar-refractivity contribution >= 4 is 0 Å². The van der Waals surface area contributed by atoms with E-state index < -0.39 is 0 Å². The maximum Gasteiger partial charge on any atom is -0.00974 e. The molecule has 2 aromatic rings. The van der Waals surface area contributed by atoms with Crippen LogP contribution in [0.4, 0.5) is 0 Å². The van der Waals surface area contributed by atoms with Gasteiger partial charge in [0.1, 0.15) is 0 Å². The predicted octanol–water partition coefficient (Wildman–Crippen LogP) is 5.96. The van der Waals surface area contributed by atoms with E-state index in [9.17, 15) is 0 Å². The monoisotopic (exact) mass is 292 g/mol. The quantitative estimate of drug-likeness (QED) is 0.596. The Labute approximate surface area is 135 Å². The maximum absolute atomic E-state index is 2.34. The summed E-state index contributed by atoms with van der Waals surface area (Å²) in [5.41, 5.74) is 4.44. The summed E-state index contributed by atoms with van der Waals surface area (Å²) < 4.78 is 0. The molecule has 116 valence electrons. The molecule has 0 aromatic heterocycles. The first-order chi connectivity index (χ1) is 10.4. The lowest BCUT2D eigenvalue weighted by molar-refractivity contribution is 0.589. The molecule has 0 N–H and O–H groups in total. The highest BCUT2D eigenvalue weighted by Gasteiger charge is 2.12. The molecule has 0 amide bonds. The summed E-state index contributed by atoms with van der Waals surface area (Å²) in [6, 6.07) is 19.7. The number of allylic oxidation sites excluding steroid dienone is 2.